The summed E-state index contributed by atoms with van der Waals surface area (Å²) in [4.78, 5) is 121. The quantitative estimate of drug-likeness (QED) is 0.0386. The average molecular weight is 1910 g/mol. The van der Waals surface area contributed by atoms with Crippen molar-refractivity contribution in [1.82, 2.24) is 57.9 Å². The maximum atomic E-state index is 16.4. The van der Waals surface area contributed by atoms with Gasteiger partial charge < -0.3 is 163 Å². The van der Waals surface area contributed by atoms with Crippen LogP contribution in [-0.2, 0) is 57.2 Å². The molecule has 4 saturated heterocycles. The summed E-state index contributed by atoms with van der Waals surface area (Å²) in [5.74, 6) is -14.9. The number of rotatable bonds is 22. The van der Waals surface area contributed by atoms with E-state index >= 15 is 24.0 Å². The minimum Gasteiger partial charge on any atom is -0.508 e. The topological polar surface area (TPSA) is 641 Å². The van der Waals surface area contributed by atoms with Crippen molar-refractivity contribution < 1.29 is 155 Å². The number of hydrogen-bond donors (Lipinski definition) is 24. The summed E-state index contributed by atoms with van der Waals surface area (Å²) in [6.45, 7) is 7.37. The van der Waals surface area contributed by atoms with E-state index in [1.165, 1.54) is 51.2 Å². The van der Waals surface area contributed by atoms with Gasteiger partial charge in [0.25, 0.3) is 0 Å². The smallest absolute Gasteiger partial charge is 0.508 e. The molecule has 15 rings (SSSR count). The van der Waals surface area contributed by atoms with Crippen molar-refractivity contribution in [2.75, 3.05) is 64.8 Å². The van der Waals surface area contributed by atoms with Gasteiger partial charge in [0.1, 0.15) is 126 Å². The number of phenolic OH excluding ortho intramolecular Hbond substituents is 3. The Morgan fingerprint density at radius 1 is 0.669 bits per heavy atom. The number of nitrogens with two attached hydrogens (primary N) is 2. The number of nitrogens with one attached hydrogen (secondary N) is 10. The van der Waals surface area contributed by atoms with Crippen molar-refractivity contribution in [3.8, 4) is 62.9 Å². The molecule has 9 amide bonds. The number of aliphatic hydroxyl groups is 9. The number of urea groups is 1. The number of carbonyl (C=O) groups is 8. The lowest BCUT2D eigenvalue weighted by atomic mass is 9.86. The third kappa shape index (κ3) is 23.4. The maximum Gasteiger partial charge on any atom is 0.573 e. The summed E-state index contributed by atoms with van der Waals surface area (Å²) in [7, 11) is 1.46. The van der Waals surface area contributed by atoms with E-state index in [1.807, 2.05) is 4.90 Å². The Morgan fingerprint density at radius 3 is 1.92 bits per heavy atom. The molecule has 4 fully saturated rings. The van der Waals surface area contributed by atoms with Crippen LogP contribution in [0.2, 0.25) is 10.0 Å². The molecule has 722 valence electrons. The number of benzene rings is 6. The van der Waals surface area contributed by atoms with Gasteiger partial charge in [0, 0.05) is 86.2 Å². The van der Waals surface area contributed by atoms with Crippen LogP contribution in [0.3, 0.4) is 0 Å². The molecular weight excluding hydrogens is 1810 g/mol. The number of ether oxygens (including phenoxy) is 9. The fraction of sp³-hybridized carbons (Fsp3) is 0.482. The highest BCUT2D eigenvalue weighted by Crippen LogP contribution is 2.50. The van der Waals surface area contributed by atoms with Gasteiger partial charge in [0.2, 0.25) is 53.4 Å². The number of alkyl halides is 3. The van der Waals surface area contributed by atoms with Crippen LogP contribution >= 0.6 is 23.2 Å². The summed E-state index contributed by atoms with van der Waals surface area (Å²) in [5, 5.41) is 165. The van der Waals surface area contributed by atoms with Crippen LogP contribution in [0, 0.1) is 5.92 Å². The third-order valence-corrected chi connectivity index (χ3v) is 23.9. The van der Waals surface area contributed by atoms with E-state index in [0.29, 0.717) is 32.7 Å². The number of halogens is 5. The molecule has 0 radical (unpaired) electrons. The van der Waals surface area contributed by atoms with E-state index in [0.717, 1.165) is 72.8 Å². The largest absolute Gasteiger partial charge is 0.573 e. The molecule has 43 nitrogen and oxygen atoms in total. The first-order valence-electron chi connectivity index (χ1n) is 42.1. The lowest BCUT2D eigenvalue weighted by molar-refractivity contribution is -0.350. The zero-order valence-electron chi connectivity index (χ0n) is 71.6. The highest BCUT2D eigenvalue weighted by atomic mass is 35.5. The van der Waals surface area contributed by atoms with E-state index in [1.54, 1.807) is 18.9 Å². The number of nitrogens with zero attached hydrogens (tertiary/aromatic N) is 2. The second kappa shape index (κ2) is 41.9. The molecule has 0 aliphatic carbocycles. The van der Waals surface area contributed by atoms with E-state index in [4.69, 9.17) is 72.6 Å². The number of hydrazine groups is 1. The molecule has 9 heterocycles. The lowest BCUT2D eigenvalue weighted by Gasteiger charge is -2.46. The lowest BCUT2D eigenvalue weighted by Crippen LogP contribution is -2.65. The number of aromatic hydroxyl groups is 3. The molecule has 9 aliphatic rings. The number of piperazine rings is 1. The molecule has 11 bridgehead atoms. The Hall–Kier alpha value is -10.9. The van der Waals surface area contributed by atoms with Crippen molar-refractivity contribution >= 4 is 76.3 Å². The molecule has 2 unspecified atom stereocenters. The standard InChI is InChI=1S/C85H103Cl2F3N14O29/c1-34(2)22-47(93-5)75(118)99-62-64(110)37-7-14-51(45(86)24-37)126-53-26-39-27-54(71(53)131-82-69(115)67(113)72(56(33-105)129-82)132-81-68(114)66(112)65(111)55(128-81)32-94-16-17-103-18-20-104(21-19-103)102-83(124)95-40-9-11-42(12-10-40)133-85(88,89)90)127-52-15-8-38(25-46(52)87)70(130-58-31-84(4,92)73(116)35(3)125-58)63-80(123)101-74(117)44-28-41(106)29-50(108)59(44)43-23-36(6-13-49(43)107)60(77(120)100-63)98-78(121)61(39)97-76(119)48(30-57(91)109)96-79(62)122/h6-15,23-29,34-35,47-48,55-56,58,60-70,72-74,81-82,93-94,105-108,110-117H,16-22,30-33,92H2,1-5H3,(H2,91,109)(H,96,122)(H,97,119)(H,98,121)(H,99,118)(H,100,120)(H,101,123)(H2,95,102,124)/t35-,47+,48?,55+,56+,58-,60+,61+,62?,63-,64+,65-,66-,67+,68+,69+,70+,72+,73-,74-,81-,82-,84-/m0/s1. The number of amides is 9. The number of hydrogen-bond acceptors (Lipinski definition) is 34. The van der Waals surface area contributed by atoms with Gasteiger partial charge in [-0.15, -0.1) is 13.2 Å². The predicted molar refractivity (Wildman–Crippen MR) is 456 cm³/mol. The van der Waals surface area contributed by atoms with Gasteiger partial charge in [-0.1, -0.05) is 55.2 Å². The molecule has 26 N–H and O–H groups in total. The molecule has 133 heavy (non-hydrogen) atoms. The number of carbonyl (C=O) groups excluding carboxylic acids is 8. The Kier molecular flexibility index (Phi) is 31.4. The Morgan fingerprint density at radius 2 is 1.29 bits per heavy atom. The number of primary amides is 1. The van der Waals surface area contributed by atoms with Crippen LogP contribution in [0.5, 0.6) is 51.7 Å². The van der Waals surface area contributed by atoms with Crippen LogP contribution in [0.1, 0.15) is 105 Å². The van der Waals surface area contributed by atoms with Crippen LogP contribution in [0.15, 0.2) is 103 Å². The van der Waals surface area contributed by atoms with Gasteiger partial charge in [0.15, 0.2) is 30.3 Å². The summed E-state index contributed by atoms with van der Waals surface area (Å²) in [6, 6.07) is 5.59. The van der Waals surface area contributed by atoms with Gasteiger partial charge in [-0.2, -0.15) is 0 Å². The number of likely N-dealkylation sites (N-methyl/N-ethyl adjacent to an activating group) is 1. The number of fused-ring (bicyclic) bond motifs is 15. The third-order valence-electron chi connectivity index (χ3n) is 23.3. The highest BCUT2D eigenvalue weighted by Gasteiger charge is 2.53. The van der Waals surface area contributed by atoms with Crippen molar-refractivity contribution in [3.63, 3.8) is 0 Å². The van der Waals surface area contributed by atoms with Crippen molar-refractivity contribution in [2.45, 2.75) is 193 Å². The normalized spacial score (nSPS) is 29.8. The maximum absolute atomic E-state index is 16.4. The summed E-state index contributed by atoms with van der Waals surface area (Å²) < 4.78 is 93.1. The van der Waals surface area contributed by atoms with Gasteiger partial charge >= 0.3 is 12.4 Å². The van der Waals surface area contributed by atoms with E-state index < -0.39 is 291 Å². The molecule has 0 spiro atoms. The Balaban J connectivity index is 0.875. The van der Waals surface area contributed by atoms with Gasteiger partial charge in [-0.3, -0.25) is 43.9 Å². The first-order valence-corrected chi connectivity index (χ1v) is 42.9. The van der Waals surface area contributed by atoms with E-state index in [2.05, 4.69) is 58.0 Å². The van der Waals surface area contributed by atoms with E-state index in [9.17, 15) is 88.8 Å². The SMILES string of the molecule is CN[C@H](CC(C)C)C(=O)NC1C(=O)NC(CC(N)=O)C(=O)N[C@H]2C(=O)N[C@H]3C(=O)N[C@H](C(=O)N[C@@H](O)c4cc(O)cc(O)c4-c4cc3ccc4O)[C@H](O[C@H]3C[C@](C)(N)[C@@H](O)[C@H](C)O3)c3ccc(c(Cl)c3)Oc3cc2cc(c3O[C@@H]2O[C@H](CO)[C@@H](O[C@@H]3O[C@H](CNCCN4CCN(NC(=O)Nc5ccc(OC(F)(F)F)cc5)CC4)[C@H](O)[C@H](O)[C@H]3O)[C@H](O)[C@H]2O)Oc2ccc(cc2Cl)[C@H]1O. The first kappa shape index (κ1) is 99.6. The molecule has 9 aliphatic heterocycles. The molecule has 48 heteroatoms. The van der Waals surface area contributed by atoms with Crippen molar-refractivity contribution in [3.05, 3.63) is 141 Å². The minimum atomic E-state index is -4.91. The summed E-state index contributed by atoms with van der Waals surface area (Å²) in [6.07, 6.45) is -36.5. The highest BCUT2D eigenvalue weighted by molar-refractivity contribution is 6.32. The summed E-state index contributed by atoms with van der Waals surface area (Å²) >= 11 is 14.5. The Labute approximate surface area is 765 Å². The van der Waals surface area contributed by atoms with Gasteiger partial charge in [0.05, 0.1) is 41.3 Å². The molecule has 23 atom stereocenters. The first-order chi connectivity index (χ1) is 62.9. The Bertz CT molecular complexity index is 5270. The molecule has 6 aromatic rings. The minimum absolute atomic E-state index is 0.135. The number of aliphatic hydroxyl groups excluding tert-OH is 9. The van der Waals surface area contributed by atoms with Crippen molar-refractivity contribution in [1.29, 1.82) is 0 Å². The van der Waals surface area contributed by atoms with Crippen LogP contribution in [0.25, 0.3) is 11.1 Å². The molecule has 6 aromatic carbocycles. The second-order valence-electron chi connectivity index (χ2n) is 33.6. The molecule has 0 saturated carbocycles. The van der Waals surface area contributed by atoms with Crippen LogP contribution < -0.4 is 83.7 Å². The number of anilines is 1. The predicted octanol–water partition coefficient (Wildman–Crippen LogP) is -0.354. The van der Waals surface area contributed by atoms with E-state index in [-0.39, 0.29) is 54.2 Å². The molecular formula is C85H103Cl2F3N14O29. The monoisotopic (exact) mass is 1910 g/mol. The zero-order chi connectivity index (χ0) is 96.3. The van der Waals surface area contributed by atoms with Gasteiger partial charge in [-0.25, -0.2) is 9.80 Å². The van der Waals surface area contributed by atoms with Gasteiger partial charge in [-0.05, 0) is 134 Å². The fourth-order valence-corrected chi connectivity index (χ4v) is 16.8. The number of phenols is 3. The van der Waals surface area contributed by atoms with Crippen LogP contribution in [0.4, 0.5) is 23.7 Å². The summed E-state index contributed by atoms with van der Waals surface area (Å²) in [5.41, 5.74) is 11.3. The zero-order valence-corrected chi connectivity index (χ0v) is 73.1. The second-order valence-corrected chi connectivity index (χ2v) is 34.5. The molecule has 0 aromatic heterocycles. The van der Waals surface area contributed by atoms with Crippen molar-refractivity contribution in [2.24, 2.45) is 17.4 Å². The fourth-order valence-electron chi connectivity index (χ4n) is 16.4. The average Bonchev–Trinajstić information content (AvgIpc) is 0.762. The van der Waals surface area contributed by atoms with Crippen LogP contribution in [-0.4, -0.2) is 294 Å².